The maximum Gasteiger partial charge on any atom is 0.266 e. The highest BCUT2D eigenvalue weighted by Gasteiger charge is 2.31. The van der Waals surface area contributed by atoms with Crippen LogP contribution in [0.2, 0.25) is 0 Å². The molecule has 0 radical (unpaired) electrons. The van der Waals surface area contributed by atoms with Crippen LogP contribution >= 0.6 is 24.0 Å². The highest BCUT2D eigenvalue weighted by atomic mass is 32.2. The minimum absolute atomic E-state index is 0.0267. The number of thioether (sulfide) groups is 1. The summed E-state index contributed by atoms with van der Waals surface area (Å²) in [7, 11) is 0. The summed E-state index contributed by atoms with van der Waals surface area (Å²) in [4.78, 5) is 14.5. The van der Waals surface area contributed by atoms with Gasteiger partial charge in [-0.25, -0.2) is 0 Å². The molecule has 0 bridgehead atoms. The van der Waals surface area contributed by atoms with Gasteiger partial charge in [-0.15, -0.1) is 6.58 Å². The molecular formula is C15H18N2OS2. The van der Waals surface area contributed by atoms with E-state index in [0.717, 1.165) is 12.1 Å². The Bertz CT molecular complexity index is 614. The fourth-order valence-electron chi connectivity index (χ4n) is 2.39. The summed E-state index contributed by atoms with van der Waals surface area (Å²) in [6.07, 6.45) is 3.63. The third-order valence-electron chi connectivity index (χ3n) is 3.40. The van der Waals surface area contributed by atoms with E-state index in [1.165, 1.54) is 23.1 Å². The number of thiocarbonyl (C=S) groups is 1. The molecule has 1 saturated heterocycles. The fraction of sp³-hybridized carbons (Fsp3) is 0.333. The van der Waals surface area contributed by atoms with Gasteiger partial charge < -0.3 is 4.57 Å². The standard InChI is InChI=1S/C15H18N2OS2/c1-5-7-17-14(18)13(20-15(17)19)9-12-8-10(3)16(6-2)11(12)4/h5,8-9H,1,6-7H2,2-4H3/b13-9+. The van der Waals surface area contributed by atoms with Crippen molar-refractivity contribution >= 4 is 40.3 Å². The Morgan fingerprint density at radius 1 is 1.45 bits per heavy atom. The van der Waals surface area contributed by atoms with Crippen molar-refractivity contribution in [2.24, 2.45) is 0 Å². The molecule has 0 atom stereocenters. The van der Waals surface area contributed by atoms with Crippen molar-refractivity contribution in [2.45, 2.75) is 27.3 Å². The van der Waals surface area contributed by atoms with Gasteiger partial charge in [-0.05, 0) is 38.5 Å². The summed E-state index contributed by atoms with van der Waals surface area (Å²) in [5, 5.41) is 0. The number of amides is 1. The van der Waals surface area contributed by atoms with E-state index in [2.05, 4.69) is 38.0 Å². The number of aromatic nitrogens is 1. The van der Waals surface area contributed by atoms with Gasteiger partial charge in [0.05, 0.1) is 4.91 Å². The Labute approximate surface area is 129 Å². The van der Waals surface area contributed by atoms with Crippen molar-refractivity contribution in [3.63, 3.8) is 0 Å². The van der Waals surface area contributed by atoms with Gasteiger partial charge in [0, 0.05) is 24.5 Å². The first-order valence-corrected chi connectivity index (χ1v) is 7.75. The molecule has 0 N–H and O–H groups in total. The molecule has 2 rings (SSSR count). The van der Waals surface area contributed by atoms with Gasteiger partial charge in [-0.2, -0.15) is 0 Å². The molecular weight excluding hydrogens is 288 g/mol. The Morgan fingerprint density at radius 2 is 2.15 bits per heavy atom. The van der Waals surface area contributed by atoms with E-state index in [4.69, 9.17) is 12.2 Å². The molecule has 0 aromatic carbocycles. The third-order valence-corrected chi connectivity index (χ3v) is 4.78. The zero-order valence-corrected chi connectivity index (χ0v) is 13.6. The first-order chi connectivity index (χ1) is 9.49. The molecule has 106 valence electrons. The second kappa shape index (κ2) is 5.97. The molecule has 0 aliphatic carbocycles. The van der Waals surface area contributed by atoms with Crippen molar-refractivity contribution in [3.8, 4) is 0 Å². The summed E-state index contributed by atoms with van der Waals surface area (Å²) in [5.74, 6) is -0.0267. The predicted octanol–water partition coefficient (Wildman–Crippen LogP) is 3.51. The van der Waals surface area contributed by atoms with Crippen LogP contribution in [0.25, 0.3) is 6.08 Å². The van der Waals surface area contributed by atoms with Crippen molar-refractivity contribution in [1.29, 1.82) is 0 Å². The van der Waals surface area contributed by atoms with Crippen LogP contribution in [0.1, 0.15) is 23.9 Å². The average molecular weight is 306 g/mol. The first kappa shape index (κ1) is 15.1. The molecule has 0 spiro atoms. The highest BCUT2D eigenvalue weighted by molar-refractivity contribution is 8.26. The minimum Gasteiger partial charge on any atom is -0.349 e. The van der Waals surface area contributed by atoms with Crippen molar-refractivity contribution in [1.82, 2.24) is 9.47 Å². The number of rotatable bonds is 4. The number of carbonyl (C=O) groups excluding carboxylic acids is 1. The lowest BCUT2D eigenvalue weighted by atomic mass is 10.2. The largest absolute Gasteiger partial charge is 0.349 e. The van der Waals surface area contributed by atoms with E-state index < -0.39 is 0 Å². The molecule has 5 heteroatoms. The van der Waals surface area contributed by atoms with Gasteiger partial charge in [0.2, 0.25) is 0 Å². The molecule has 1 aliphatic heterocycles. The van der Waals surface area contributed by atoms with Crippen LogP contribution < -0.4 is 0 Å². The summed E-state index contributed by atoms with van der Waals surface area (Å²) in [5.41, 5.74) is 3.47. The molecule has 3 nitrogen and oxygen atoms in total. The van der Waals surface area contributed by atoms with Crippen LogP contribution in [0.5, 0.6) is 0 Å². The molecule has 1 aromatic heterocycles. The number of hydrogen-bond acceptors (Lipinski definition) is 3. The van der Waals surface area contributed by atoms with Gasteiger partial charge in [-0.1, -0.05) is 30.1 Å². The normalized spacial score (nSPS) is 17.4. The molecule has 0 saturated carbocycles. The first-order valence-electron chi connectivity index (χ1n) is 6.52. The van der Waals surface area contributed by atoms with E-state index in [-0.39, 0.29) is 5.91 Å². The van der Waals surface area contributed by atoms with Gasteiger partial charge in [0.25, 0.3) is 5.91 Å². The Morgan fingerprint density at radius 3 is 2.70 bits per heavy atom. The van der Waals surface area contributed by atoms with Crippen LogP contribution in [0.4, 0.5) is 0 Å². The molecule has 0 unspecified atom stereocenters. The van der Waals surface area contributed by atoms with Gasteiger partial charge in [-0.3, -0.25) is 9.69 Å². The average Bonchev–Trinajstić information content (AvgIpc) is 2.82. The topological polar surface area (TPSA) is 25.2 Å². The Kier molecular flexibility index (Phi) is 4.50. The van der Waals surface area contributed by atoms with Crippen molar-refractivity contribution in [2.75, 3.05) is 6.54 Å². The maximum atomic E-state index is 12.3. The SMILES string of the molecule is C=CCN1C(=O)/C(=C\c2cc(C)n(CC)c2C)SC1=S. The fourth-order valence-corrected chi connectivity index (χ4v) is 3.65. The molecule has 1 amide bonds. The highest BCUT2D eigenvalue weighted by Crippen LogP contribution is 2.33. The van der Waals surface area contributed by atoms with E-state index in [9.17, 15) is 4.79 Å². The van der Waals surface area contributed by atoms with Crippen LogP contribution in [0.3, 0.4) is 0 Å². The summed E-state index contributed by atoms with van der Waals surface area (Å²) in [6, 6.07) is 2.11. The summed E-state index contributed by atoms with van der Waals surface area (Å²) < 4.78 is 2.83. The summed E-state index contributed by atoms with van der Waals surface area (Å²) >= 11 is 6.60. The van der Waals surface area contributed by atoms with E-state index in [1.807, 2.05) is 6.08 Å². The summed E-state index contributed by atoms with van der Waals surface area (Å²) in [6.45, 7) is 11.3. The number of nitrogens with zero attached hydrogens (tertiary/aromatic N) is 2. The van der Waals surface area contributed by atoms with Gasteiger partial charge in [0.15, 0.2) is 0 Å². The lowest BCUT2D eigenvalue weighted by Gasteiger charge is -2.10. The number of aryl methyl sites for hydroxylation is 1. The minimum atomic E-state index is -0.0267. The zero-order chi connectivity index (χ0) is 14.9. The second-order valence-electron chi connectivity index (χ2n) is 4.65. The van der Waals surface area contributed by atoms with Crippen LogP contribution in [-0.2, 0) is 11.3 Å². The van der Waals surface area contributed by atoms with Crippen molar-refractivity contribution < 1.29 is 4.79 Å². The van der Waals surface area contributed by atoms with Gasteiger partial charge in [0.1, 0.15) is 4.32 Å². The second-order valence-corrected chi connectivity index (χ2v) is 6.33. The monoisotopic (exact) mass is 306 g/mol. The van der Waals surface area contributed by atoms with E-state index in [1.54, 1.807) is 11.0 Å². The van der Waals surface area contributed by atoms with Crippen LogP contribution in [0.15, 0.2) is 23.6 Å². The smallest absolute Gasteiger partial charge is 0.266 e. The molecule has 1 aliphatic rings. The number of carbonyl (C=O) groups is 1. The Hall–Kier alpha value is -1.33. The van der Waals surface area contributed by atoms with Crippen LogP contribution in [-0.4, -0.2) is 26.2 Å². The lowest BCUT2D eigenvalue weighted by Crippen LogP contribution is -2.27. The van der Waals surface area contributed by atoms with Crippen molar-refractivity contribution in [3.05, 3.63) is 40.6 Å². The molecule has 1 aromatic rings. The van der Waals surface area contributed by atoms with E-state index >= 15 is 0 Å². The zero-order valence-electron chi connectivity index (χ0n) is 12.0. The molecule has 1 fully saturated rings. The Balaban J connectivity index is 2.35. The maximum absolute atomic E-state index is 12.3. The molecule has 20 heavy (non-hydrogen) atoms. The van der Waals surface area contributed by atoms with Gasteiger partial charge >= 0.3 is 0 Å². The van der Waals surface area contributed by atoms with E-state index in [0.29, 0.717) is 15.8 Å². The predicted molar refractivity (Wildman–Crippen MR) is 89.7 cm³/mol. The van der Waals surface area contributed by atoms with Crippen LogP contribution in [0, 0.1) is 13.8 Å². The molecule has 2 heterocycles. The third kappa shape index (κ3) is 2.60. The quantitative estimate of drug-likeness (QED) is 0.483. The number of hydrogen-bond donors (Lipinski definition) is 0. The lowest BCUT2D eigenvalue weighted by molar-refractivity contribution is -0.121.